The highest BCUT2D eigenvalue weighted by Crippen LogP contribution is 2.43. The molecule has 0 spiro atoms. The SMILES string of the molecule is CN=C(NCC(c1ccco1)N(C)C)NCC1(CCOC)CCC1. The number of likely N-dealkylation sites (N-methyl/N-ethyl adjacent to an activating group) is 1. The molecule has 0 amide bonds. The van der Waals surface area contributed by atoms with Gasteiger partial charge >= 0.3 is 0 Å². The summed E-state index contributed by atoms with van der Waals surface area (Å²) < 4.78 is 10.8. The van der Waals surface area contributed by atoms with Gasteiger partial charge in [-0.1, -0.05) is 6.42 Å². The number of nitrogens with one attached hydrogen (secondary N) is 2. The molecular weight excluding hydrogens is 304 g/mol. The molecule has 0 radical (unpaired) electrons. The first-order chi connectivity index (χ1) is 11.6. The second kappa shape index (κ2) is 9.08. The first-order valence-electron chi connectivity index (χ1n) is 8.73. The minimum absolute atomic E-state index is 0.171. The number of nitrogens with zero attached hydrogens (tertiary/aromatic N) is 2. The van der Waals surface area contributed by atoms with Crippen LogP contribution in [0, 0.1) is 5.41 Å². The molecule has 1 saturated carbocycles. The Kier molecular flexibility index (Phi) is 7.12. The van der Waals surface area contributed by atoms with E-state index >= 15 is 0 Å². The Hall–Kier alpha value is -1.53. The summed E-state index contributed by atoms with van der Waals surface area (Å²) in [6.07, 6.45) is 6.69. The van der Waals surface area contributed by atoms with Crippen LogP contribution < -0.4 is 10.6 Å². The molecule has 0 saturated heterocycles. The fraction of sp³-hybridized carbons (Fsp3) is 0.722. The summed E-state index contributed by atoms with van der Waals surface area (Å²) in [6.45, 7) is 2.52. The van der Waals surface area contributed by atoms with E-state index in [1.807, 2.05) is 19.2 Å². The normalized spacial score (nSPS) is 18.3. The Morgan fingerprint density at radius 2 is 2.21 bits per heavy atom. The highest BCUT2D eigenvalue weighted by molar-refractivity contribution is 5.79. The third-order valence-corrected chi connectivity index (χ3v) is 5.06. The number of aliphatic imine (C=N–C) groups is 1. The summed E-state index contributed by atoms with van der Waals surface area (Å²) in [5.41, 5.74) is 0.371. The maximum atomic E-state index is 5.55. The van der Waals surface area contributed by atoms with Gasteiger partial charge in [0.1, 0.15) is 5.76 Å². The molecule has 0 bridgehead atoms. The number of hydrogen-bond acceptors (Lipinski definition) is 4. The summed E-state index contributed by atoms with van der Waals surface area (Å²) in [5, 5.41) is 6.92. The van der Waals surface area contributed by atoms with Crippen LogP contribution in [-0.2, 0) is 4.74 Å². The van der Waals surface area contributed by atoms with E-state index in [0.29, 0.717) is 5.41 Å². The maximum Gasteiger partial charge on any atom is 0.191 e. The van der Waals surface area contributed by atoms with E-state index in [0.717, 1.165) is 37.8 Å². The van der Waals surface area contributed by atoms with Gasteiger partial charge in [-0.15, -0.1) is 0 Å². The van der Waals surface area contributed by atoms with Crippen molar-refractivity contribution >= 4 is 5.96 Å². The minimum Gasteiger partial charge on any atom is -0.468 e. The van der Waals surface area contributed by atoms with E-state index in [2.05, 4.69) is 34.6 Å². The number of rotatable bonds is 9. The van der Waals surface area contributed by atoms with E-state index in [1.165, 1.54) is 19.3 Å². The van der Waals surface area contributed by atoms with Crippen molar-refractivity contribution in [3.05, 3.63) is 24.2 Å². The first kappa shape index (κ1) is 18.8. The maximum absolute atomic E-state index is 5.55. The van der Waals surface area contributed by atoms with Crippen molar-refractivity contribution in [2.45, 2.75) is 31.7 Å². The van der Waals surface area contributed by atoms with Crippen LogP contribution in [-0.4, -0.2) is 58.8 Å². The lowest BCUT2D eigenvalue weighted by Gasteiger charge is -2.42. The van der Waals surface area contributed by atoms with Crippen molar-refractivity contribution in [2.24, 2.45) is 10.4 Å². The van der Waals surface area contributed by atoms with E-state index in [4.69, 9.17) is 9.15 Å². The van der Waals surface area contributed by atoms with Crippen LogP contribution in [0.2, 0.25) is 0 Å². The van der Waals surface area contributed by atoms with Crippen LogP contribution in [0.25, 0.3) is 0 Å². The van der Waals surface area contributed by atoms with Crippen molar-refractivity contribution in [3.8, 4) is 0 Å². The average Bonchev–Trinajstić information content (AvgIpc) is 3.05. The summed E-state index contributed by atoms with van der Waals surface area (Å²) in [5.74, 6) is 1.80. The predicted molar refractivity (Wildman–Crippen MR) is 97.3 cm³/mol. The van der Waals surface area contributed by atoms with Crippen molar-refractivity contribution in [3.63, 3.8) is 0 Å². The second-order valence-electron chi connectivity index (χ2n) is 6.90. The van der Waals surface area contributed by atoms with E-state index in [9.17, 15) is 0 Å². The molecule has 0 aliphatic heterocycles. The van der Waals surface area contributed by atoms with Gasteiger partial charge in [0.15, 0.2) is 5.96 Å². The Balaban J connectivity index is 1.83. The number of methoxy groups -OCH3 is 1. The fourth-order valence-corrected chi connectivity index (χ4v) is 3.21. The van der Waals surface area contributed by atoms with Gasteiger partial charge in [0.25, 0.3) is 0 Å². The van der Waals surface area contributed by atoms with Gasteiger partial charge in [-0.2, -0.15) is 0 Å². The molecule has 1 aliphatic carbocycles. The Labute approximate surface area is 145 Å². The molecule has 1 aromatic rings. The van der Waals surface area contributed by atoms with Crippen LogP contribution in [0.4, 0.5) is 0 Å². The van der Waals surface area contributed by atoms with E-state index in [1.54, 1.807) is 13.4 Å². The molecule has 6 heteroatoms. The average molecular weight is 336 g/mol. The molecule has 136 valence electrons. The lowest BCUT2D eigenvalue weighted by Crippen LogP contribution is -2.48. The third-order valence-electron chi connectivity index (χ3n) is 5.06. The van der Waals surface area contributed by atoms with Gasteiger partial charge < -0.3 is 19.8 Å². The Bertz CT molecular complexity index is 495. The highest BCUT2D eigenvalue weighted by Gasteiger charge is 2.36. The summed E-state index contributed by atoms with van der Waals surface area (Å²) in [7, 11) is 7.70. The van der Waals surface area contributed by atoms with Crippen LogP contribution in [0.3, 0.4) is 0 Å². The zero-order chi connectivity index (χ0) is 17.4. The lowest BCUT2D eigenvalue weighted by molar-refractivity contribution is 0.0732. The topological polar surface area (TPSA) is 62.0 Å². The van der Waals surface area contributed by atoms with Gasteiger partial charge in [-0.25, -0.2) is 0 Å². The quantitative estimate of drug-likeness (QED) is 0.535. The number of furan rings is 1. The molecule has 2 rings (SSSR count). The van der Waals surface area contributed by atoms with Crippen molar-refractivity contribution in [1.29, 1.82) is 0 Å². The molecule has 24 heavy (non-hydrogen) atoms. The largest absolute Gasteiger partial charge is 0.468 e. The predicted octanol–water partition coefficient (Wildman–Crippen LogP) is 2.25. The Morgan fingerprint density at radius 3 is 2.71 bits per heavy atom. The van der Waals surface area contributed by atoms with Crippen LogP contribution >= 0.6 is 0 Å². The number of hydrogen-bond donors (Lipinski definition) is 2. The van der Waals surface area contributed by atoms with Crippen LogP contribution in [0.15, 0.2) is 27.8 Å². The molecule has 2 N–H and O–H groups in total. The third kappa shape index (κ3) is 4.98. The van der Waals surface area contributed by atoms with Crippen molar-refractivity contribution in [1.82, 2.24) is 15.5 Å². The molecule has 1 heterocycles. The number of ether oxygens (including phenoxy) is 1. The first-order valence-corrected chi connectivity index (χ1v) is 8.73. The molecule has 1 fully saturated rings. The van der Waals surface area contributed by atoms with Crippen molar-refractivity contribution in [2.75, 3.05) is 47.9 Å². The zero-order valence-electron chi connectivity index (χ0n) is 15.5. The molecular formula is C18H32N4O2. The van der Waals surface area contributed by atoms with Crippen molar-refractivity contribution < 1.29 is 9.15 Å². The molecule has 1 unspecified atom stereocenters. The summed E-state index contributed by atoms with van der Waals surface area (Å²) in [4.78, 5) is 6.50. The van der Waals surface area contributed by atoms with E-state index < -0.39 is 0 Å². The molecule has 1 aliphatic rings. The molecule has 6 nitrogen and oxygen atoms in total. The second-order valence-corrected chi connectivity index (χ2v) is 6.90. The summed E-state index contributed by atoms with van der Waals surface area (Å²) >= 11 is 0. The molecule has 1 atom stereocenters. The van der Waals surface area contributed by atoms with Crippen LogP contribution in [0.5, 0.6) is 0 Å². The smallest absolute Gasteiger partial charge is 0.191 e. The minimum atomic E-state index is 0.171. The van der Waals surface area contributed by atoms with Gasteiger partial charge in [0, 0.05) is 33.9 Å². The van der Waals surface area contributed by atoms with E-state index in [-0.39, 0.29) is 6.04 Å². The lowest BCUT2D eigenvalue weighted by atomic mass is 9.67. The fourth-order valence-electron chi connectivity index (χ4n) is 3.21. The summed E-state index contributed by atoms with van der Waals surface area (Å²) in [6, 6.07) is 4.11. The zero-order valence-corrected chi connectivity index (χ0v) is 15.5. The number of guanidine groups is 1. The standard InChI is InChI=1S/C18H32N4O2/c1-19-17(21-14-18(8-6-9-18)10-12-23-4)20-13-15(22(2)3)16-7-5-11-24-16/h5,7,11,15H,6,8-10,12-14H2,1-4H3,(H2,19,20,21). The molecule has 0 aromatic carbocycles. The van der Waals surface area contributed by atoms with Gasteiger partial charge in [0.05, 0.1) is 12.3 Å². The molecule has 1 aromatic heterocycles. The van der Waals surface area contributed by atoms with Gasteiger partial charge in [-0.3, -0.25) is 9.89 Å². The van der Waals surface area contributed by atoms with Crippen LogP contribution in [0.1, 0.15) is 37.5 Å². The van der Waals surface area contributed by atoms with Gasteiger partial charge in [-0.05, 0) is 50.9 Å². The highest BCUT2D eigenvalue weighted by atomic mass is 16.5. The Morgan fingerprint density at radius 1 is 1.42 bits per heavy atom. The van der Waals surface area contributed by atoms with Gasteiger partial charge in [0.2, 0.25) is 0 Å². The monoisotopic (exact) mass is 336 g/mol.